The van der Waals surface area contributed by atoms with E-state index in [2.05, 4.69) is 0 Å². The van der Waals surface area contributed by atoms with Crippen molar-refractivity contribution in [3.8, 4) is 5.75 Å². The van der Waals surface area contributed by atoms with Crippen LogP contribution in [0, 0.1) is 5.92 Å². The molecular weight excluding hydrogens is 400 g/mol. The highest BCUT2D eigenvalue weighted by atomic mass is 16.6. The van der Waals surface area contributed by atoms with Crippen LogP contribution in [0.15, 0.2) is 45.1 Å². The molecule has 0 N–H and O–H groups in total. The minimum absolute atomic E-state index is 0.0953. The van der Waals surface area contributed by atoms with Gasteiger partial charge in [-0.1, -0.05) is 19.4 Å². The summed E-state index contributed by atoms with van der Waals surface area (Å²) in [5, 5.41) is 0.636. The average Bonchev–Trinajstić information content (AvgIpc) is 2.62. The number of rotatable bonds is 5. The maximum Gasteiger partial charge on any atom is 0.336 e. The molecule has 0 radical (unpaired) electrons. The van der Waals surface area contributed by atoms with Crippen LogP contribution in [0.5, 0.6) is 5.75 Å². The molecule has 166 valence electrons. The summed E-state index contributed by atoms with van der Waals surface area (Å²) >= 11 is 0. The number of carbonyl (C=O) groups excluding carboxylic acids is 2. The van der Waals surface area contributed by atoms with E-state index in [1.165, 1.54) is 12.1 Å². The second-order valence-electron chi connectivity index (χ2n) is 8.94. The Morgan fingerprint density at radius 2 is 1.81 bits per heavy atom. The van der Waals surface area contributed by atoms with Gasteiger partial charge in [-0.2, -0.15) is 0 Å². The first-order valence-electron chi connectivity index (χ1n) is 10.3. The first-order valence-corrected chi connectivity index (χ1v) is 10.3. The maximum atomic E-state index is 12.6. The largest absolute Gasteiger partial charge is 0.483 e. The monoisotopic (exact) mass is 428 g/mol. The van der Waals surface area contributed by atoms with Crippen LogP contribution in [0.3, 0.4) is 0 Å². The molecule has 1 aromatic heterocycles. The second kappa shape index (κ2) is 8.57. The predicted octanol–water partition coefficient (Wildman–Crippen LogP) is 4.47. The lowest BCUT2D eigenvalue weighted by atomic mass is 9.87. The van der Waals surface area contributed by atoms with Gasteiger partial charge in [0.2, 0.25) is 0 Å². The Hall–Kier alpha value is -3.09. The van der Waals surface area contributed by atoms with Gasteiger partial charge in [0.25, 0.3) is 0 Å². The molecule has 7 nitrogen and oxygen atoms in total. The van der Waals surface area contributed by atoms with Crippen molar-refractivity contribution in [3.63, 3.8) is 0 Å². The number of allylic oxidation sites excluding steroid dienone is 1. The lowest BCUT2D eigenvalue weighted by Crippen LogP contribution is -2.52. The first kappa shape index (κ1) is 22.6. The summed E-state index contributed by atoms with van der Waals surface area (Å²) in [7, 11) is 0. The highest BCUT2D eigenvalue weighted by Crippen LogP contribution is 2.46. The van der Waals surface area contributed by atoms with Gasteiger partial charge in [-0.05, 0) is 51.8 Å². The molecular formula is C24H28O7. The summed E-state index contributed by atoms with van der Waals surface area (Å²) in [6.07, 6.45) is -0.404. The minimum Gasteiger partial charge on any atom is -0.483 e. The molecule has 0 aliphatic carbocycles. The van der Waals surface area contributed by atoms with Gasteiger partial charge < -0.3 is 18.6 Å². The van der Waals surface area contributed by atoms with Crippen LogP contribution in [0.25, 0.3) is 11.0 Å². The van der Waals surface area contributed by atoms with Crippen molar-refractivity contribution in [2.24, 2.45) is 5.92 Å². The van der Waals surface area contributed by atoms with Crippen molar-refractivity contribution in [1.82, 2.24) is 0 Å². The molecule has 0 spiro atoms. The fourth-order valence-corrected chi connectivity index (χ4v) is 3.59. The van der Waals surface area contributed by atoms with Crippen LogP contribution >= 0.6 is 0 Å². The van der Waals surface area contributed by atoms with E-state index in [4.69, 9.17) is 18.6 Å². The van der Waals surface area contributed by atoms with Gasteiger partial charge in [0.1, 0.15) is 16.9 Å². The van der Waals surface area contributed by atoms with Crippen molar-refractivity contribution < 1.29 is 28.2 Å². The van der Waals surface area contributed by atoms with E-state index in [-0.39, 0.29) is 17.9 Å². The third kappa shape index (κ3) is 4.98. The van der Waals surface area contributed by atoms with E-state index in [9.17, 15) is 14.4 Å². The quantitative estimate of drug-likeness (QED) is 0.394. The topological polar surface area (TPSA) is 92.0 Å². The van der Waals surface area contributed by atoms with Crippen LogP contribution < -0.4 is 10.4 Å². The number of benzene rings is 1. The molecule has 2 atom stereocenters. The molecule has 2 unspecified atom stereocenters. The summed E-state index contributed by atoms with van der Waals surface area (Å²) in [5.41, 5.74) is -0.186. The number of fused-ring (bicyclic) bond motifs is 3. The Kier molecular flexibility index (Phi) is 6.25. The maximum absolute atomic E-state index is 12.6. The van der Waals surface area contributed by atoms with E-state index in [0.29, 0.717) is 16.7 Å². The fourth-order valence-electron chi connectivity index (χ4n) is 3.59. The Labute approximate surface area is 181 Å². The van der Waals surface area contributed by atoms with Gasteiger partial charge >= 0.3 is 17.6 Å². The summed E-state index contributed by atoms with van der Waals surface area (Å²) < 4.78 is 23.2. The normalized spacial score (nSPS) is 19.3. The van der Waals surface area contributed by atoms with Crippen LogP contribution in [0.2, 0.25) is 0 Å². The highest BCUT2D eigenvalue weighted by Gasteiger charge is 2.50. The molecule has 0 amide bonds. The van der Waals surface area contributed by atoms with Crippen LogP contribution in [0.1, 0.15) is 59.6 Å². The number of esters is 2. The number of ether oxygens (including phenoxy) is 3. The number of carbonyl (C=O) groups is 2. The molecule has 3 rings (SSSR count). The first-order chi connectivity index (χ1) is 14.5. The fraction of sp³-hybridized carbons (Fsp3) is 0.458. The molecule has 31 heavy (non-hydrogen) atoms. The van der Waals surface area contributed by atoms with Crippen molar-refractivity contribution in [1.29, 1.82) is 0 Å². The van der Waals surface area contributed by atoms with E-state index >= 15 is 0 Å². The molecule has 2 heterocycles. The minimum atomic E-state index is -1.02. The average molecular weight is 428 g/mol. The standard InChI is InChI=1S/C24H28O7/c1-13(2)11-18(26)29-22-20-16(9-7-15-8-10-17(25)28-21(15)20)31-24(5,6)23(22)30-19(27)12-14(3)4/h7-11,14,22-23H,12H2,1-6H3. The van der Waals surface area contributed by atoms with Gasteiger partial charge in [-0.3, -0.25) is 4.79 Å². The summed E-state index contributed by atoms with van der Waals surface area (Å²) in [4.78, 5) is 37.1. The smallest absolute Gasteiger partial charge is 0.336 e. The summed E-state index contributed by atoms with van der Waals surface area (Å²) in [6.45, 7) is 10.9. The molecule has 7 heteroatoms. The number of hydrogen-bond acceptors (Lipinski definition) is 7. The predicted molar refractivity (Wildman–Crippen MR) is 115 cm³/mol. The zero-order valence-electron chi connectivity index (χ0n) is 18.7. The van der Waals surface area contributed by atoms with Crippen molar-refractivity contribution in [2.45, 2.75) is 65.8 Å². The van der Waals surface area contributed by atoms with Crippen LogP contribution in [-0.2, 0) is 19.1 Å². The van der Waals surface area contributed by atoms with Crippen LogP contribution in [-0.4, -0.2) is 23.6 Å². The van der Waals surface area contributed by atoms with Crippen molar-refractivity contribution in [2.75, 3.05) is 0 Å². The molecule has 0 bridgehead atoms. The molecule has 2 aromatic rings. The lowest BCUT2D eigenvalue weighted by Gasteiger charge is -2.43. The Morgan fingerprint density at radius 1 is 1.13 bits per heavy atom. The second-order valence-corrected chi connectivity index (χ2v) is 8.94. The summed E-state index contributed by atoms with van der Waals surface area (Å²) in [6, 6.07) is 6.42. The molecule has 1 aliphatic heterocycles. The Morgan fingerprint density at radius 3 is 2.45 bits per heavy atom. The zero-order valence-corrected chi connectivity index (χ0v) is 18.7. The van der Waals surface area contributed by atoms with Crippen molar-refractivity contribution in [3.05, 3.63) is 51.9 Å². The van der Waals surface area contributed by atoms with Crippen LogP contribution in [0.4, 0.5) is 0 Å². The zero-order chi connectivity index (χ0) is 22.9. The molecule has 0 fully saturated rings. The molecule has 1 aromatic carbocycles. The van der Waals surface area contributed by atoms with Gasteiger partial charge in [0.15, 0.2) is 12.2 Å². The Balaban J connectivity index is 2.17. The van der Waals surface area contributed by atoms with Gasteiger partial charge in [-0.25, -0.2) is 9.59 Å². The Bertz CT molecular complexity index is 1090. The third-order valence-corrected chi connectivity index (χ3v) is 4.89. The summed E-state index contributed by atoms with van der Waals surface area (Å²) in [5.74, 6) is -0.519. The van der Waals surface area contributed by atoms with Gasteiger partial charge in [0.05, 0.1) is 5.56 Å². The highest BCUT2D eigenvalue weighted by molar-refractivity contribution is 5.86. The molecule has 0 saturated carbocycles. The molecule has 1 aliphatic rings. The number of hydrogen-bond donors (Lipinski definition) is 0. The van der Waals surface area contributed by atoms with E-state index in [0.717, 1.165) is 5.57 Å². The van der Waals surface area contributed by atoms with Gasteiger partial charge in [0, 0.05) is 23.9 Å². The van der Waals surface area contributed by atoms with E-state index < -0.39 is 35.4 Å². The van der Waals surface area contributed by atoms with Crippen molar-refractivity contribution >= 4 is 22.9 Å². The lowest BCUT2D eigenvalue weighted by molar-refractivity contribution is -0.188. The third-order valence-electron chi connectivity index (χ3n) is 4.89. The van der Waals surface area contributed by atoms with E-state index in [1.807, 2.05) is 13.8 Å². The van der Waals surface area contributed by atoms with Gasteiger partial charge in [-0.15, -0.1) is 0 Å². The SMILES string of the molecule is CC(C)=CC(=O)OC1c2c(ccc3ccc(=O)oc23)OC(C)(C)C1OC(=O)CC(C)C. The van der Waals surface area contributed by atoms with E-state index in [1.54, 1.807) is 45.9 Å². The molecule has 0 saturated heterocycles.